The third-order valence-corrected chi connectivity index (χ3v) is 5.50. The molecule has 4 rings (SSSR count). The van der Waals surface area contributed by atoms with Gasteiger partial charge in [0.15, 0.2) is 35.2 Å². The molecule has 0 saturated heterocycles. The second-order valence-electron chi connectivity index (χ2n) is 7.98. The Kier molecular flexibility index (Phi) is 7.17. The Bertz CT molecular complexity index is 1460. The second-order valence-corrected chi connectivity index (χ2v) is 8.42. The predicted octanol–water partition coefficient (Wildman–Crippen LogP) is 3.25. The van der Waals surface area contributed by atoms with Crippen molar-refractivity contribution in [1.82, 2.24) is 29.1 Å². The molecular formula is C22H18ClF5N6O3. The minimum atomic E-state index is -5.00. The van der Waals surface area contributed by atoms with Crippen LogP contribution in [0.25, 0.3) is 17.1 Å². The molecule has 2 unspecified atom stereocenters. The van der Waals surface area contributed by atoms with Crippen LogP contribution in [0.3, 0.4) is 0 Å². The molecule has 0 saturated carbocycles. The van der Waals surface area contributed by atoms with Crippen molar-refractivity contribution >= 4 is 11.6 Å². The van der Waals surface area contributed by atoms with E-state index in [9.17, 15) is 37.0 Å². The van der Waals surface area contributed by atoms with Gasteiger partial charge >= 0.3 is 11.9 Å². The number of aliphatic hydroxyl groups is 2. The average Bonchev–Trinajstić information content (AvgIpc) is 3.36. The first-order valence-electron chi connectivity index (χ1n) is 10.6. The first-order valence-corrected chi connectivity index (χ1v) is 11.0. The number of nitrogens with zero attached hydrogens (tertiary/aromatic N) is 6. The van der Waals surface area contributed by atoms with E-state index in [2.05, 4.69) is 15.2 Å². The standard InChI is InChI=1S/C22H18ClF5N6O3/c1-11(35)19-29-17(30-34(19)18-14(24)3-2-4-15(18)25)10-33-21(37)32(9-16(36)22(26,27)28)20(31-33)12-5-7-13(23)8-6-12/h2-8,11,16,35-36H,9-10H2,1H3. The van der Waals surface area contributed by atoms with Gasteiger partial charge in [0.1, 0.15) is 18.3 Å². The Balaban J connectivity index is 1.79. The maximum atomic E-state index is 14.4. The summed E-state index contributed by atoms with van der Waals surface area (Å²) in [5.74, 6) is -2.67. The molecular weight excluding hydrogens is 527 g/mol. The summed E-state index contributed by atoms with van der Waals surface area (Å²) in [6.45, 7) is -0.403. The molecule has 0 aliphatic heterocycles. The van der Waals surface area contributed by atoms with E-state index >= 15 is 0 Å². The lowest BCUT2D eigenvalue weighted by atomic mass is 10.2. The molecule has 2 aromatic carbocycles. The van der Waals surface area contributed by atoms with Crippen LogP contribution in [0.1, 0.15) is 24.7 Å². The highest BCUT2D eigenvalue weighted by Crippen LogP contribution is 2.25. The molecule has 2 heterocycles. The van der Waals surface area contributed by atoms with Gasteiger partial charge in [0.2, 0.25) is 0 Å². The van der Waals surface area contributed by atoms with Crippen LogP contribution in [0, 0.1) is 11.6 Å². The van der Waals surface area contributed by atoms with E-state index < -0.39 is 54.5 Å². The molecule has 0 spiro atoms. The van der Waals surface area contributed by atoms with Gasteiger partial charge in [-0.3, -0.25) is 4.57 Å². The summed E-state index contributed by atoms with van der Waals surface area (Å²) in [5, 5.41) is 28.1. The van der Waals surface area contributed by atoms with Gasteiger partial charge in [-0.1, -0.05) is 17.7 Å². The molecule has 2 aromatic heterocycles. The molecule has 196 valence electrons. The van der Waals surface area contributed by atoms with Crippen LogP contribution in [0.5, 0.6) is 0 Å². The van der Waals surface area contributed by atoms with Crippen LogP contribution < -0.4 is 5.69 Å². The number of para-hydroxylation sites is 1. The fourth-order valence-corrected chi connectivity index (χ4v) is 3.62. The lowest BCUT2D eigenvalue weighted by molar-refractivity contribution is -0.207. The molecule has 4 aromatic rings. The van der Waals surface area contributed by atoms with Gasteiger partial charge in [-0.25, -0.2) is 27.9 Å². The summed E-state index contributed by atoms with van der Waals surface area (Å²) >= 11 is 5.87. The number of aromatic nitrogens is 6. The van der Waals surface area contributed by atoms with Crippen molar-refractivity contribution in [1.29, 1.82) is 0 Å². The Morgan fingerprint density at radius 1 is 1.03 bits per heavy atom. The molecule has 0 radical (unpaired) electrons. The van der Waals surface area contributed by atoms with Gasteiger partial charge < -0.3 is 10.2 Å². The molecule has 9 nitrogen and oxygen atoms in total. The van der Waals surface area contributed by atoms with Crippen molar-refractivity contribution in [3.63, 3.8) is 0 Å². The van der Waals surface area contributed by atoms with E-state index in [4.69, 9.17) is 11.6 Å². The minimum Gasteiger partial charge on any atom is -0.385 e. The monoisotopic (exact) mass is 544 g/mol. The highest BCUT2D eigenvalue weighted by molar-refractivity contribution is 6.30. The Morgan fingerprint density at radius 3 is 2.22 bits per heavy atom. The Morgan fingerprint density at radius 2 is 1.65 bits per heavy atom. The van der Waals surface area contributed by atoms with Gasteiger partial charge in [-0.15, -0.1) is 10.2 Å². The van der Waals surface area contributed by atoms with E-state index in [-0.39, 0.29) is 23.0 Å². The third kappa shape index (κ3) is 5.40. The summed E-state index contributed by atoms with van der Waals surface area (Å²) in [6.07, 6.45) is -9.20. The lowest BCUT2D eigenvalue weighted by Crippen LogP contribution is -2.37. The fourth-order valence-electron chi connectivity index (χ4n) is 3.49. The maximum Gasteiger partial charge on any atom is 0.416 e. The largest absolute Gasteiger partial charge is 0.416 e. The number of hydrogen-bond donors (Lipinski definition) is 2. The predicted molar refractivity (Wildman–Crippen MR) is 120 cm³/mol. The highest BCUT2D eigenvalue weighted by atomic mass is 35.5. The number of alkyl halides is 3. The Labute approximate surface area is 210 Å². The molecule has 2 atom stereocenters. The van der Waals surface area contributed by atoms with E-state index in [0.29, 0.717) is 9.59 Å². The van der Waals surface area contributed by atoms with Crippen molar-refractivity contribution in [2.45, 2.75) is 38.4 Å². The zero-order valence-corrected chi connectivity index (χ0v) is 19.6. The van der Waals surface area contributed by atoms with Crippen LogP contribution in [0.4, 0.5) is 22.0 Å². The normalized spacial score (nSPS) is 13.6. The molecule has 0 fully saturated rings. The molecule has 37 heavy (non-hydrogen) atoms. The lowest BCUT2D eigenvalue weighted by Gasteiger charge is -2.15. The summed E-state index contributed by atoms with van der Waals surface area (Å²) in [5.41, 5.74) is -1.43. The number of benzene rings is 2. The van der Waals surface area contributed by atoms with Crippen molar-refractivity contribution in [2.24, 2.45) is 0 Å². The topological polar surface area (TPSA) is 111 Å². The smallest absolute Gasteiger partial charge is 0.385 e. The molecule has 2 N–H and O–H groups in total. The zero-order valence-electron chi connectivity index (χ0n) is 18.9. The van der Waals surface area contributed by atoms with E-state index in [1.165, 1.54) is 31.2 Å². The summed E-state index contributed by atoms with van der Waals surface area (Å²) in [6, 6.07) is 8.80. The first-order chi connectivity index (χ1) is 17.4. The first kappa shape index (κ1) is 26.4. The van der Waals surface area contributed by atoms with Gasteiger partial charge in [0, 0.05) is 10.6 Å². The average molecular weight is 545 g/mol. The summed E-state index contributed by atoms with van der Waals surface area (Å²) in [7, 11) is 0. The van der Waals surface area contributed by atoms with Crippen molar-refractivity contribution in [3.05, 3.63) is 81.3 Å². The van der Waals surface area contributed by atoms with Crippen LogP contribution in [-0.2, 0) is 13.1 Å². The van der Waals surface area contributed by atoms with Gasteiger partial charge in [-0.2, -0.15) is 13.2 Å². The summed E-state index contributed by atoms with van der Waals surface area (Å²) < 4.78 is 69.9. The maximum absolute atomic E-state index is 14.4. The molecule has 0 amide bonds. The van der Waals surface area contributed by atoms with E-state index in [1.807, 2.05) is 0 Å². The quantitative estimate of drug-likeness (QED) is 0.346. The number of rotatable bonds is 7. The van der Waals surface area contributed by atoms with E-state index in [1.54, 1.807) is 0 Å². The Hall–Kier alpha value is -3.62. The SMILES string of the molecule is CC(O)c1nc(Cn2nc(-c3ccc(Cl)cc3)n(CC(O)C(F)(F)F)c2=O)nn1-c1c(F)cccc1F. The number of aliphatic hydroxyl groups excluding tert-OH is 2. The summed E-state index contributed by atoms with van der Waals surface area (Å²) in [4.78, 5) is 17.1. The molecule has 0 aliphatic rings. The van der Waals surface area contributed by atoms with Crippen molar-refractivity contribution in [2.75, 3.05) is 0 Å². The number of hydrogen-bond acceptors (Lipinski definition) is 6. The molecule has 0 bridgehead atoms. The highest BCUT2D eigenvalue weighted by Gasteiger charge is 2.39. The van der Waals surface area contributed by atoms with Crippen molar-refractivity contribution < 1.29 is 32.2 Å². The molecule has 15 heteroatoms. The third-order valence-electron chi connectivity index (χ3n) is 5.25. The fraction of sp³-hybridized carbons (Fsp3) is 0.273. The van der Waals surface area contributed by atoms with Crippen LogP contribution in [-0.4, -0.2) is 51.6 Å². The zero-order chi connectivity index (χ0) is 27.1. The van der Waals surface area contributed by atoms with E-state index in [0.717, 1.165) is 27.6 Å². The van der Waals surface area contributed by atoms with Crippen LogP contribution in [0.15, 0.2) is 47.3 Å². The second kappa shape index (κ2) is 10.0. The van der Waals surface area contributed by atoms with Gasteiger partial charge in [-0.05, 0) is 43.3 Å². The molecule has 0 aliphatic carbocycles. The van der Waals surface area contributed by atoms with Gasteiger partial charge in [0.05, 0.1) is 6.54 Å². The van der Waals surface area contributed by atoms with Crippen molar-refractivity contribution in [3.8, 4) is 17.1 Å². The number of halogens is 6. The minimum absolute atomic E-state index is 0.208. The van der Waals surface area contributed by atoms with Gasteiger partial charge in [0.25, 0.3) is 0 Å². The van der Waals surface area contributed by atoms with Crippen LogP contribution >= 0.6 is 11.6 Å². The van der Waals surface area contributed by atoms with Crippen LogP contribution in [0.2, 0.25) is 5.02 Å².